The summed E-state index contributed by atoms with van der Waals surface area (Å²) < 4.78 is 9.12. The molecule has 0 bridgehead atoms. The number of nitrogens with two attached hydrogens (primary N) is 1. The minimum absolute atomic E-state index is 0.620. The second kappa shape index (κ2) is 5.12. The van der Waals surface area contributed by atoms with Crippen LogP contribution in [-0.4, -0.2) is 26.4 Å². The number of methoxy groups -OCH3 is 1. The number of ether oxygens (including phenoxy) is 1. The third-order valence-electron chi connectivity index (χ3n) is 3.63. The number of imidazole rings is 1. The lowest BCUT2D eigenvalue weighted by Gasteiger charge is -2.07. The molecule has 110 valence electrons. The minimum Gasteiger partial charge on any atom is -0.497 e. The molecule has 0 radical (unpaired) electrons. The van der Waals surface area contributed by atoms with Crippen LogP contribution >= 0.6 is 0 Å². The molecule has 0 aliphatic rings. The van der Waals surface area contributed by atoms with Crippen LogP contribution in [0.15, 0.2) is 24.4 Å². The Hall–Kier alpha value is -2.50. The van der Waals surface area contributed by atoms with Gasteiger partial charge in [-0.1, -0.05) is 6.92 Å². The molecule has 3 aromatic rings. The average molecular weight is 285 g/mol. The maximum Gasteiger partial charge on any atom is 0.146 e. The largest absolute Gasteiger partial charge is 0.497 e. The Bertz CT molecular complexity index is 787. The molecule has 0 aliphatic heterocycles. The van der Waals surface area contributed by atoms with Gasteiger partial charge in [-0.3, -0.25) is 4.68 Å². The Balaban J connectivity index is 2.25. The quantitative estimate of drug-likeness (QED) is 0.799. The van der Waals surface area contributed by atoms with Gasteiger partial charge in [0.25, 0.3) is 0 Å². The molecule has 2 aromatic heterocycles. The summed E-state index contributed by atoms with van der Waals surface area (Å²) in [6.45, 7) is 3.03. The normalized spacial score (nSPS) is 11.2. The van der Waals surface area contributed by atoms with Crippen LogP contribution in [0.5, 0.6) is 5.75 Å². The summed E-state index contributed by atoms with van der Waals surface area (Å²) in [6, 6.07) is 5.93. The summed E-state index contributed by atoms with van der Waals surface area (Å²) in [6.07, 6.45) is 2.78. The number of fused-ring (bicyclic) bond motifs is 1. The molecule has 21 heavy (non-hydrogen) atoms. The summed E-state index contributed by atoms with van der Waals surface area (Å²) in [5.74, 6) is 2.27. The van der Waals surface area contributed by atoms with Crippen molar-refractivity contribution in [3.63, 3.8) is 0 Å². The van der Waals surface area contributed by atoms with Crippen LogP contribution in [0.3, 0.4) is 0 Å². The van der Waals surface area contributed by atoms with E-state index >= 15 is 0 Å². The first-order valence-electron chi connectivity index (χ1n) is 6.97. The lowest BCUT2D eigenvalue weighted by molar-refractivity contribution is 0.415. The van der Waals surface area contributed by atoms with Gasteiger partial charge < -0.3 is 15.0 Å². The second-order valence-corrected chi connectivity index (χ2v) is 5.01. The summed E-state index contributed by atoms with van der Waals surface area (Å²) in [4.78, 5) is 4.73. The van der Waals surface area contributed by atoms with Gasteiger partial charge in [0.1, 0.15) is 17.4 Å². The number of aryl methyl sites for hydroxylation is 2. The smallest absolute Gasteiger partial charge is 0.146 e. The number of hydrogen-bond donors (Lipinski definition) is 1. The summed E-state index contributed by atoms with van der Waals surface area (Å²) >= 11 is 0. The number of nitrogens with zero attached hydrogens (tertiary/aromatic N) is 4. The highest BCUT2D eigenvalue weighted by Crippen LogP contribution is 2.30. The first-order valence-corrected chi connectivity index (χ1v) is 6.97. The monoisotopic (exact) mass is 285 g/mol. The maximum absolute atomic E-state index is 6.10. The van der Waals surface area contributed by atoms with E-state index in [0.717, 1.165) is 41.1 Å². The van der Waals surface area contributed by atoms with E-state index in [1.54, 1.807) is 18.0 Å². The molecule has 6 heteroatoms. The van der Waals surface area contributed by atoms with Crippen molar-refractivity contribution in [1.82, 2.24) is 19.3 Å². The SMILES string of the molecule is CCCn1c(-c2cnn(C)c2N)nc2cc(OC)ccc21. The van der Waals surface area contributed by atoms with Gasteiger partial charge in [0.2, 0.25) is 0 Å². The topological polar surface area (TPSA) is 70.9 Å². The summed E-state index contributed by atoms with van der Waals surface area (Å²) in [5.41, 5.74) is 8.95. The molecule has 0 unspecified atom stereocenters. The molecular weight excluding hydrogens is 266 g/mol. The van der Waals surface area contributed by atoms with Crippen molar-refractivity contribution in [2.24, 2.45) is 7.05 Å². The van der Waals surface area contributed by atoms with Crippen molar-refractivity contribution < 1.29 is 4.74 Å². The predicted molar refractivity (Wildman–Crippen MR) is 83.2 cm³/mol. The van der Waals surface area contributed by atoms with E-state index < -0.39 is 0 Å². The number of anilines is 1. The zero-order chi connectivity index (χ0) is 15.0. The third-order valence-corrected chi connectivity index (χ3v) is 3.63. The second-order valence-electron chi connectivity index (χ2n) is 5.01. The van der Waals surface area contributed by atoms with Crippen LogP contribution in [0.25, 0.3) is 22.4 Å². The van der Waals surface area contributed by atoms with Gasteiger partial charge in [-0.25, -0.2) is 4.98 Å². The molecule has 0 fully saturated rings. The molecule has 0 spiro atoms. The molecule has 1 aromatic carbocycles. The van der Waals surface area contributed by atoms with E-state index in [9.17, 15) is 0 Å². The zero-order valence-electron chi connectivity index (χ0n) is 12.5. The fourth-order valence-corrected chi connectivity index (χ4v) is 2.51. The standard InChI is InChI=1S/C15H19N5O/c1-4-7-20-13-6-5-10(21-3)8-12(13)18-15(20)11-9-17-19(2)14(11)16/h5-6,8-9H,4,7,16H2,1-3H3. The molecule has 0 atom stereocenters. The maximum atomic E-state index is 6.10. The van der Waals surface area contributed by atoms with Gasteiger partial charge in [0, 0.05) is 19.7 Å². The molecule has 6 nitrogen and oxygen atoms in total. The molecule has 0 amide bonds. The number of benzene rings is 1. The average Bonchev–Trinajstić information content (AvgIpc) is 3.00. The lowest BCUT2D eigenvalue weighted by Crippen LogP contribution is -2.02. The van der Waals surface area contributed by atoms with Crippen LogP contribution in [0.4, 0.5) is 5.82 Å². The van der Waals surface area contributed by atoms with Crippen molar-refractivity contribution in [2.75, 3.05) is 12.8 Å². The molecular formula is C15H19N5O. The van der Waals surface area contributed by atoms with Crippen LogP contribution in [0.1, 0.15) is 13.3 Å². The molecule has 2 N–H and O–H groups in total. The molecule has 0 saturated heterocycles. The highest BCUT2D eigenvalue weighted by Gasteiger charge is 2.17. The number of aromatic nitrogens is 4. The first-order chi connectivity index (χ1) is 10.2. The van der Waals surface area contributed by atoms with Crippen molar-refractivity contribution in [1.29, 1.82) is 0 Å². The Labute approximate surface area is 123 Å². The molecule has 0 saturated carbocycles. The first kappa shape index (κ1) is 13.5. The van der Waals surface area contributed by atoms with E-state index in [1.165, 1.54) is 0 Å². The summed E-state index contributed by atoms with van der Waals surface area (Å²) in [5, 5.41) is 4.21. The minimum atomic E-state index is 0.620. The van der Waals surface area contributed by atoms with E-state index in [0.29, 0.717) is 5.82 Å². The van der Waals surface area contributed by atoms with Gasteiger partial charge in [0.05, 0.1) is 29.9 Å². The van der Waals surface area contributed by atoms with Crippen LogP contribution in [0.2, 0.25) is 0 Å². The Morgan fingerprint density at radius 2 is 2.14 bits per heavy atom. The Morgan fingerprint density at radius 1 is 1.33 bits per heavy atom. The van der Waals surface area contributed by atoms with Crippen molar-refractivity contribution in [3.8, 4) is 17.1 Å². The highest BCUT2D eigenvalue weighted by molar-refractivity contribution is 5.83. The number of nitrogen functional groups attached to an aromatic ring is 1. The highest BCUT2D eigenvalue weighted by atomic mass is 16.5. The number of hydrogen-bond acceptors (Lipinski definition) is 4. The van der Waals surface area contributed by atoms with Crippen LogP contribution in [-0.2, 0) is 13.6 Å². The zero-order valence-corrected chi connectivity index (χ0v) is 12.5. The van der Waals surface area contributed by atoms with Gasteiger partial charge >= 0.3 is 0 Å². The third kappa shape index (κ3) is 2.12. The fourth-order valence-electron chi connectivity index (χ4n) is 2.51. The van der Waals surface area contributed by atoms with Crippen molar-refractivity contribution >= 4 is 16.9 Å². The lowest BCUT2D eigenvalue weighted by atomic mass is 10.3. The summed E-state index contributed by atoms with van der Waals surface area (Å²) in [7, 11) is 3.49. The van der Waals surface area contributed by atoms with Gasteiger partial charge in [-0.15, -0.1) is 0 Å². The molecule has 0 aliphatic carbocycles. The molecule has 2 heterocycles. The Morgan fingerprint density at radius 3 is 2.76 bits per heavy atom. The van der Waals surface area contributed by atoms with Crippen LogP contribution < -0.4 is 10.5 Å². The predicted octanol–water partition coefficient (Wildman–Crippen LogP) is 2.44. The van der Waals surface area contributed by atoms with E-state index in [2.05, 4.69) is 16.6 Å². The number of rotatable bonds is 4. The van der Waals surface area contributed by atoms with Crippen molar-refractivity contribution in [3.05, 3.63) is 24.4 Å². The van der Waals surface area contributed by atoms with E-state index in [-0.39, 0.29) is 0 Å². The van der Waals surface area contributed by atoms with E-state index in [4.69, 9.17) is 15.5 Å². The van der Waals surface area contributed by atoms with E-state index in [1.807, 2.05) is 25.2 Å². The van der Waals surface area contributed by atoms with Gasteiger partial charge in [-0.2, -0.15) is 5.10 Å². The van der Waals surface area contributed by atoms with Crippen molar-refractivity contribution in [2.45, 2.75) is 19.9 Å². The fraction of sp³-hybridized carbons (Fsp3) is 0.333. The van der Waals surface area contributed by atoms with Crippen LogP contribution in [0, 0.1) is 0 Å². The Kier molecular flexibility index (Phi) is 3.29. The van der Waals surface area contributed by atoms with Gasteiger partial charge in [-0.05, 0) is 18.6 Å². The van der Waals surface area contributed by atoms with Gasteiger partial charge in [0.15, 0.2) is 0 Å². The molecule has 3 rings (SSSR count).